The second-order valence-corrected chi connectivity index (χ2v) is 3.06. The van der Waals surface area contributed by atoms with E-state index in [-0.39, 0.29) is 6.42 Å². The first kappa shape index (κ1) is 12.2. The summed E-state index contributed by atoms with van der Waals surface area (Å²) in [6, 6.07) is 0. The van der Waals surface area contributed by atoms with Gasteiger partial charge in [0.25, 0.3) is 0 Å². The van der Waals surface area contributed by atoms with Gasteiger partial charge in [0.2, 0.25) is 0 Å². The van der Waals surface area contributed by atoms with Gasteiger partial charge in [0.15, 0.2) is 6.10 Å². The van der Waals surface area contributed by atoms with Gasteiger partial charge in [0.05, 0.1) is 0 Å². The Labute approximate surface area is 79.1 Å². The van der Waals surface area contributed by atoms with Crippen LogP contribution in [-0.2, 0) is 4.79 Å². The van der Waals surface area contributed by atoms with Gasteiger partial charge >= 0.3 is 5.97 Å². The molecular weight excluding hydrogens is 168 g/mol. The Kier molecular flexibility index (Phi) is 7.30. The third-order valence-corrected chi connectivity index (χ3v) is 1.79. The van der Waals surface area contributed by atoms with Crippen LogP contribution in [0.1, 0.15) is 39.0 Å². The van der Waals surface area contributed by atoms with Crippen LogP contribution in [0.5, 0.6) is 0 Å². The van der Waals surface area contributed by atoms with Crippen molar-refractivity contribution in [2.75, 3.05) is 0 Å². The summed E-state index contributed by atoms with van der Waals surface area (Å²) in [5.41, 5.74) is 0. The molecule has 0 bridgehead atoms. The molecule has 0 spiro atoms. The number of hydrogen-bond donors (Lipinski definition) is 2. The number of carbonyl (C=O) groups is 1. The maximum atomic E-state index is 10.2. The Morgan fingerprint density at radius 1 is 1.38 bits per heavy atom. The Bertz CT molecular complexity index is 164. The molecule has 0 rings (SSSR count). The van der Waals surface area contributed by atoms with Crippen molar-refractivity contribution in [3.8, 4) is 0 Å². The van der Waals surface area contributed by atoms with Gasteiger partial charge in [-0.1, -0.05) is 31.9 Å². The Balaban J connectivity index is 3.35. The van der Waals surface area contributed by atoms with E-state index in [1.54, 1.807) is 6.08 Å². The van der Waals surface area contributed by atoms with Crippen LogP contribution >= 0.6 is 0 Å². The third-order valence-electron chi connectivity index (χ3n) is 1.79. The smallest absolute Gasteiger partial charge is 0.332 e. The largest absolute Gasteiger partial charge is 0.479 e. The lowest BCUT2D eigenvalue weighted by atomic mass is 10.2. The molecule has 3 nitrogen and oxygen atoms in total. The highest BCUT2D eigenvalue weighted by molar-refractivity contribution is 5.72. The highest BCUT2D eigenvalue weighted by Crippen LogP contribution is 2.01. The first-order valence-electron chi connectivity index (χ1n) is 4.74. The van der Waals surface area contributed by atoms with Crippen LogP contribution in [-0.4, -0.2) is 22.3 Å². The van der Waals surface area contributed by atoms with Crippen LogP contribution in [0.2, 0.25) is 0 Å². The van der Waals surface area contributed by atoms with E-state index in [2.05, 4.69) is 6.92 Å². The number of rotatable bonds is 7. The lowest BCUT2D eigenvalue weighted by Gasteiger charge is -1.99. The summed E-state index contributed by atoms with van der Waals surface area (Å²) in [7, 11) is 0. The number of carboxylic acid groups (broad SMARTS) is 1. The maximum absolute atomic E-state index is 10.2. The standard InChI is InChI=1S/C10H18O3/c1-2-3-4-5-6-7-8-9(11)10(12)13/h6-7,9,11H,2-5,8H2,1H3,(H,12,13)/b7-6-. The van der Waals surface area contributed by atoms with Gasteiger partial charge in [-0.25, -0.2) is 4.79 Å². The van der Waals surface area contributed by atoms with E-state index in [0.717, 1.165) is 12.8 Å². The minimum atomic E-state index is -1.25. The number of allylic oxidation sites excluding steroid dienone is 1. The average Bonchev–Trinajstić information content (AvgIpc) is 2.10. The monoisotopic (exact) mass is 186 g/mol. The Hall–Kier alpha value is -0.830. The molecule has 0 amide bonds. The summed E-state index contributed by atoms with van der Waals surface area (Å²) < 4.78 is 0. The SMILES string of the molecule is CCCCC/C=C\CC(O)C(=O)O. The minimum absolute atomic E-state index is 0.210. The molecule has 13 heavy (non-hydrogen) atoms. The summed E-state index contributed by atoms with van der Waals surface area (Å²) in [5.74, 6) is -1.15. The molecule has 0 aromatic carbocycles. The molecule has 0 aliphatic heterocycles. The number of unbranched alkanes of at least 4 members (excludes halogenated alkanes) is 3. The molecule has 0 aliphatic carbocycles. The van der Waals surface area contributed by atoms with E-state index in [9.17, 15) is 4.79 Å². The first-order valence-corrected chi connectivity index (χ1v) is 4.74. The van der Waals surface area contributed by atoms with E-state index >= 15 is 0 Å². The molecule has 0 saturated heterocycles. The lowest BCUT2D eigenvalue weighted by molar-refractivity contribution is -0.146. The molecule has 0 aromatic rings. The van der Waals surface area contributed by atoms with Crippen molar-refractivity contribution in [3.05, 3.63) is 12.2 Å². The van der Waals surface area contributed by atoms with Crippen molar-refractivity contribution in [3.63, 3.8) is 0 Å². The van der Waals surface area contributed by atoms with Crippen molar-refractivity contribution < 1.29 is 15.0 Å². The molecule has 1 unspecified atom stereocenters. The van der Waals surface area contributed by atoms with Crippen LogP contribution in [0.3, 0.4) is 0 Å². The summed E-state index contributed by atoms with van der Waals surface area (Å²) in [4.78, 5) is 10.2. The average molecular weight is 186 g/mol. The second-order valence-electron chi connectivity index (χ2n) is 3.06. The molecule has 0 heterocycles. The van der Waals surface area contributed by atoms with Crippen LogP contribution in [0.25, 0.3) is 0 Å². The molecule has 0 saturated carbocycles. The molecule has 0 fully saturated rings. The van der Waals surface area contributed by atoms with Crippen molar-refractivity contribution in [2.24, 2.45) is 0 Å². The van der Waals surface area contributed by atoms with E-state index in [1.165, 1.54) is 12.8 Å². The second kappa shape index (κ2) is 7.80. The van der Waals surface area contributed by atoms with Gasteiger partial charge < -0.3 is 10.2 Å². The van der Waals surface area contributed by atoms with E-state index in [0.29, 0.717) is 0 Å². The molecular formula is C10H18O3. The van der Waals surface area contributed by atoms with Gasteiger partial charge in [-0.2, -0.15) is 0 Å². The summed E-state index contributed by atoms with van der Waals surface area (Å²) in [5, 5.41) is 17.2. The topological polar surface area (TPSA) is 57.5 Å². The van der Waals surface area contributed by atoms with Crippen molar-refractivity contribution in [1.29, 1.82) is 0 Å². The fraction of sp³-hybridized carbons (Fsp3) is 0.700. The summed E-state index contributed by atoms with van der Waals surface area (Å²) >= 11 is 0. The van der Waals surface area contributed by atoms with E-state index in [4.69, 9.17) is 10.2 Å². The van der Waals surface area contributed by atoms with Crippen LogP contribution in [0.4, 0.5) is 0 Å². The minimum Gasteiger partial charge on any atom is -0.479 e. The van der Waals surface area contributed by atoms with Gasteiger partial charge in [0.1, 0.15) is 0 Å². The molecule has 76 valence electrons. The summed E-state index contributed by atoms with van der Waals surface area (Å²) in [6.45, 7) is 2.14. The molecule has 0 aromatic heterocycles. The van der Waals surface area contributed by atoms with E-state index < -0.39 is 12.1 Å². The van der Waals surface area contributed by atoms with Crippen LogP contribution in [0, 0.1) is 0 Å². The quantitative estimate of drug-likeness (QED) is 0.472. The molecule has 0 radical (unpaired) electrons. The number of aliphatic carboxylic acids is 1. The maximum Gasteiger partial charge on any atom is 0.332 e. The molecule has 3 heteroatoms. The lowest BCUT2D eigenvalue weighted by Crippen LogP contribution is -2.17. The number of carboxylic acids is 1. The number of aliphatic hydroxyl groups is 1. The first-order chi connectivity index (χ1) is 6.18. The molecule has 2 N–H and O–H groups in total. The van der Waals surface area contributed by atoms with E-state index in [1.807, 2.05) is 6.08 Å². The highest BCUT2D eigenvalue weighted by Gasteiger charge is 2.09. The predicted molar refractivity (Wildman–Crippen MR) is 51.5 cm³/mol. The summed E-state index contributed by atoms with van der Waals surface area (Å²) in [6.07, 6.45) is 7.12. The van der Waals surface area contributed by atoms with Gasteiger partial charge in [-0.15, -0.1) is 0 Å². The van der Waals surface area contributed by atoms with Gasteiger partial charge in [-0.3, -0.25) is 0 Å². The van der Waals surface area contributed by atoms with Crippen molar-refractivity contribution in [2.45, 2.75) is 45.1 Å². The van der Waals surface area contributed by atoms with Crippen LogP contribution in [0.15, 0.2) is 12.2 Å². The van der Waals surface area contributed by atoms with Crippen molar-refractivity contribution in [1.82, 2.24) is 0 Å². The normalized spacial score (nSPS) is 13.4. The van der Waals surface area contributed by atoms with Gasteiger partial charge in [0, 0.05) is 6.42 Å². The zero-order chi connectivity index (χ0) is 10.1. The Morgan fingerprint density at radius 3 is 2.62 bits per heavy atom. The van der Waals surface area contributed by atoms with Crippen molar-refractivity contribution >= 4 is 5.97 Å². The Morgan fingerprint density at radius 2 is 2.08 bits per heavy atom. The number of aliphatic hydroxyl groups excluding tert-OH is 1. The van der Waals surface area contributed by atoms with Gasteiger partial charge in [-0.05, 0) is 12.8 Å². The zero-order valence-electron chi connectivity index (χ0n) is 8.07. The van der Waals surface area contributed by atoms with Crippen LogP contribution < -0.4 is 0 Å². The molecule has 0 aliphatic rings. The highest BCUT2D eigenvalue weighted by atomic mass is 16.4. The number of hydrogen-bond acceptors (Lipinski definition) is 2. The third kappa shape index (κ3) is 7.53. The molecule has 1 atom stereocenters. The zero-order valence-corrected chi connectivity index (χ0v) is 8.07. The fourth-order valence-electron chi connectivity index (χ4n) is 0.956. The fourth-order valence-corrected chi connectivity index (χ4v) is 0.956. The predicted octanol–water partition coefficient (Wildman–Crippen LogP) is 1.96.